The molecule has 0 aliphatic heterocycles. The fourth-order valence-corrected chi connectivity index (χ4v) is 1.21. The van der Waals surface area contributed by atoms with Crippen molar-refractivity contribution in [2.24, 2.45) is 0 Å². The van der Waals surface area contributed by atoms with E-state index >= 15 is 0 Å². The van der Waals surface area contributed by atoms with Gasteiger partial charge in [0.1, 0.15) is 0 Å². The van der Waals surface area contributed by atoms with Crippen LogP contribution in [0.2, 0.25) is 0 Å². The Labute approximate surface area is 111 Å². The molecule has 0 fully saturated rings. The van der Waals surface area contributed by atoms with Gasteiger partial charge in [-0.3, -0.25) is 0 Å². The van der Waals surface area contributed by atoms with E-state index in [1.165, 1.54) is 0 Å². The van der Waals surface area contributed by atoms with E-state index in [0.717, 1.165) is 6.42 Å². The number of β-amino-alcohol motifs (C(OH)–C–C–N with tert-alkyl or cyclic N) is 1. The summed E-state index contributed by atoms with van der Waals surface area (Å²) in [5.41, 5.74) is 0.0240. The van der Waals surface area contributed by atoms with Gasteiger partial charge in [-0.25, -0.2) is 0 Å². The first kappa shape index (κ1) is 17.8. The molecule has 0 aromatic heterocycles. The van der Waals surface area contributed by atoms with Crippen LogP contribution in [0.1, 0.15) is 27.2 Å². The van der Waals surface area contributed by atoms with Gasteiger partial charge >= 0.3 is 0 Å². The molecule has 5 heteroatoms. The van der Waals surface area contributed by atoms with E-state index in [9.17, 15) is 5.11 Å². The second-order valence-electron chi connectivity index (χ2n) is 5.32. The van der Waals surface area contributed by atoms with Crippen molar-refractivity contribution in [3.8, 4) is 0 Å². The summed E-state index contributed by atoms with van der Waals surface area (Å²) < 4.78 is 15.5. The molecule has 110 valence electrons. The van der Waals surface area contributed by atoms with Crippen LogP contribution in [0.25, 0.3) is 0 Å². The first-order chi connectivity index (χ1) is 8.45. The average molecular weight is 263 g/mol. The van der Waals surface area contributed by atoms with Gasteiger partial charge in [0.25, 0.3) is 0 Å². The average Bonchev–Trinajstić information content (AvgIpc) is 2.29. The van der Waals surface area contributed by atoms with Gasteiger partial charge in [0.05, 0.1) is 25.9 Å². The molecule has 0 heterocycles. The minimum Gasteiger partial charge on any atom is -0.389 e. The number of rotatable bonds is 11. The summed E-state index contributed by atoms with van der Waals surface area (Å²) in [7, 11) is 1.65. The molecule has 0 bridgehead atoms. The highest BCUT2D eigenvalue weighted by molar-refractivity contribution is 4.72. The fourth-order valence-electron chi connectivity index (χ4n) is 1.21. The standard InChI is InChI=1S/C13H29NO4/c1-13(2,3)14-10-12(15)11-18-7-5-6-17-9-8-16-4/h12,14-15H,5-11H2,1-4H3. The zero-order valence-corrected chi connectivity index (χ0v) is 12.2. The van der Waals surface area contributed by atoms with Crippen LogP contribution in [0.15, 0.2) is 0 Å². The first-order valence-corrected chi connectivity index (χ1v) is 6.53. The number of methoxy groups -OCH3 is 1. The second-order valence-corrected chi connectivity index (χ2v) is 5.32. The Morgan fingerprint density at radius 3 is 2.33 bits per heavy atom. The smallest absolute Gasteiger partial charge is 0.0897 e. The minimum absolute atomic E-state index is 0.0240. The lowest BCUT2D eigenvalue weighted by molar-refractivity contribution is 0.0174. The highest BCUT2D eigenvalue weighted by atomic mass is 16.5. The van der Waals surface area contributed by atoms with Crippen molar-refractivity contribution in [3.05, 3.63) is 0 Å². The van der Waals surface area contributed by atoms with Gasteiger partial charge in [0.15, 0.2) is 0 Å². The maximum atomic E-state index is 9.65. The van der Waals surface area contributed by atoms with Crippen LogP contribution in [-0.2, 0) is 14.2 Å². The molecule has 1 atom stereocenters. The molecule has 1 unspecified atom stereocenters. The van der Waals surface area contributed by atoms with Crippen LogP contribution in [-0.4, -0.2) is 63.4 Å². The molecule has 2 N–H and O–H groups in total. The van der Waals surface area contributed by atoms with Crippen molar-refractivity contribution in [1.29, 1.82) is 0 Å². The molecule has 0 rings (SSSR count). The molecule has 0 aliphatic carbocycles. The molecule has 0 amide bonds. The third kappa shape index (κ3) is 13.9. The number of hydrogen-bond donors (Lipinski definition) is 2. The Kier molecular flexibility index (Phi) is 10.6. The maximum absolute atomic E-state index is 9.65. The van der Waals surface area contributed by atoms with Crippen molar-refractivity contribution in [1.82, 2.24) is 5.32 Å². The molecule has 18 heavy (non-hydrogen) atoms. The van der Waals surface area contributed by atoms with Gasteiger partial charge in [-0.15, -0.1) is 0 Å². The van der Waals surface area contributed by atoms with E-state index in [4.69, 9.17) is 14.2 Å². The monoisotopic (exact) mass is 263 g/mol. The zero-order chi connectivity index (χ0) is 13.9. The lowest BCUT2D eigenvalue weighted by Gasteiger charge is -2.22. The third-order valence-corrected chi connectivity index (χ3v) is 2.19. The van der Waals surface area contributed by atoms with Crippen molar-refractivity contribution in [3.63, 3.8) is 0 Å². The Bertz CT molecular complexity index is 182. The highest BCUT2D eigenvalue weighted by Crippen LogP contribution is 1.98. The van der Waals surface area contributed by atoms with E-state index in [1.54, 1.807) is 7.11 Å². The van der Waals surface area contributed by atoms with E-state index < -0.39 is 6.10 Å². The third-order valence-electron chi connectivity index (χ3n) is 2.19. The van der Waals surface area contributed by atoms with Gasteiger partial charge in [-0.1, -0.05) is 0 Å². The Morgan fingerprint density at radius 1 is 1.06 bits per heavy atom. The van der Waals surface area contributed by atoms with E-state index in [-0.39, 0.29) is 5.54 Å². The van der Waals surface area contributed by atoms with Gasteiger partial charge in [-0.2, -0.15) is 0 Å². The molecule has 0 saturated carbocycles. The molecule has 0 aliphatic rings. The first-order valence-electron chi connectivity index (χ1n) is 6.53. The molecule has 0 spiro atoms. The quantitative estimate of drug-likeness (QED) is 0.540. The van der Waals surface area contributed by atoms with Crippen LogP contribution >= 0.6 is 0 Å². The van der Waals surface area contributed by atoms with Crippen molar-refractivity contribution >= 4 is 0 Å². The molecule has 0 aromatic rings. The van der Waals surface area contributed by atoms with Crippen molar-refractivity contribution < 1.29 is 19.3 Å². The van der Waals surface area contributed by atoms with Crippen molar-refractivity contribution in [2.45, 2.75) is 38.8 Å². The molecule has 0 radical (unpaired) electrons. The number of aliphatic hydroxyl groups is 1. The van der Waals surface area contributed by atoms with Gasteiger partial charge in [0.2, 0.25) is 0 Å². The van der Waals surface area contributed by atoms with Crippen LogP contribution in [0.4, 0.5) is 0 Å². The SMILES string of the molecule is COCCOCCCOCC(O)CNC(C)(C)C. The van der Waals surface area contributed by atoms with Crippen LogP contribution < -0.4 is 5.32 Å². The zero-order valence-electron chi connectivity index (χ0n) is 12.2. The number of hydrogen-bond acceptors (Lipinski definition) is 5. The fraction of sp³-hybridized carbons (Fsp3) is 1.00. The Balaban J connectivity index is 3.23. The highest BCUT2D eigenvalue weighted by Gasteiger charge is 2.11. The van der Waals surface area contributed by atoms with Crippen LogP contribution in [0, 0.1) is 0 Å². The molecule has 5 nitrogen and oxygen atoms in total. The number of ether oxygens (including phenoxy) is 3. The maximum Gasteiger partial charge on any atom is 0.0897 e. The van der Waals surface area contributed by atoms with Gasteiger partial charge < -0.3 is 24.6 Å². The lowest BCUT2D eigenvalue weighted by Crippen LogP contribution is -2.42. The van der Waals surface area contributed by atoms with E-state index in [0.29, 0.717) is 39.6 Å². The van der Waals surface area contributed by atoms with E-state index in [2.05, 4.69) is 26.1 Å². The second kappa shape index (κ2) is 10.7. The number of aliphatic hydroxyl groups excluding tert-OH is 1. The predicted octanol–water partition coefficient (Wildman–Crippen LogP) is 0.805. The van der Waals surface area contributed by atoms with Crippen molar-refractivity contribution in [2.75, 3.05) is 46.7 Å². The summed E-state index contributed by atoms with van der Waals surface area (Å²) in [4.78, 5) is 0. The largest absolute Gasteiger partial charge is 0.389 e. The predicted molar refractivity (Wildman–Crippen MR) is 71.9 cm³/mol. The van der Waals surface area contributed by atoms with Gasteiger partial charge in [-0.05, 0) is 27.2 Å². The normalized spacial score (nSPS) is 13.8. The van der Waals surface area contributed by atoms with Gasteiger partial charge in [0, 0.05) is 32.4 Å². The summed E-state index contributed by atoms with van der Waals surface area (Å²) in [6.45, 7) is 9.63. The topological polar surface area (TPSA) is 60.0 Å². The van der Waals surface area contributed by atoms with Crippen LogP contribution in [0.5, 0.6) is 0 Å². The molecular weight excluding hydrogens is 234 g/mol. The van der Waals surface area contributed by atoms with E-state index in [1.807, 2.05) is 0 Å². The number of nitrogens with one attached hydrogen (secondary N) is 1. The summed E-state index contributed by atoms with van der Waals surface area (Å²) >= 11 is 0. The summed E-state index contributed by atoms with van der Waals surface area (Å²) in [5, 5.41) is 12.9. The molecule has 0 saturated heterocycles. The lowest BCUT2D eigenvalue weighted by atomic mass is 10.1. The summed E-state index contributed by atoms with van der Waals surface area (Å²) in [6.07, 6.45) is 0.377. The molecule has 0 aromatic carbocycles. The Hall–Kier alpha value is -0.200. The summed E-state index contributed by atoms with van der Waals surface area (Å²) in [6, 6.07) is 0. The summed E-state index contributed by atoms with van der Waals surface area (Å²) in [5.74, 6) is 0. The minimum atomic E-state index is -0.460. The molecular formula is C13H29NO4. The Morgan fingerprint density at radius 2 is 1.72 bits per heavy atom. The van der Waals surface area contributed by atoms with Crippen LogP contribution in [0.3, 0.4) is 0 Å².